The van der Waals surface area contributed by atoms with E-state index in [0.29, 0.717) is 6.42 Å². The molecule has 1 aromatic carbocycles. The van der Waals surface area contributed by atoms with Crippen molar-refractivity contribution in [1.82, 2.24) is 4.90 Å². The van der Waals surface area contributed by atoms with Crippen molar-refractivity contribution in [3.05, 3.63) is 35.9 Å². The van der Waals surface area contributed by atoms with Gasteiger partial charge < -0.3 is 10.6 Å². The Balaban J connectivity index is 2.58. The Labute approximate surface area is 97.2 Å². The van der Waals surface area contributed by atoms with Crippen LogP contribution in [0.1, 0.15) is 31.9 Å². The molecule has 0 aliphatic carbocycles. The fraction of sp³-hybridized carbons (Fsp3) is 0.462. The molecule has 16 heavy (non-hydrogen) atoms. The van der Waals surface area contributed by atoms with Gasteiger partial charge in [-0.15, -0.1) is 0 Å². The van der Waals surface area contributed by atoms with Gasteiger partial charge in [0.25, 0.3) is 0 Å². The highest BCUT2D eigenvalue weighted by Gasteiger charge is 2.15. The molecule has 3 nitrogen and oxygen atoms in total. The summed E-state index contributed by atoms with van der Waals surface area (Å²) in [7, 11) is 0. The molecule has 88 valence electrons. The van der Waals surface area contributed by atoms with Gasteiger partial charge in [0.2, 0.25) is 5.91 Å². The molecular weight excluding hydrogens is 200 g/mol. The summed E-state index contributed by atoms with van der Waals surface area (Å²) >= 11 is 0. The molecule has 0 aliphatic rings. The van der Waals surface area contributed by atoms with E-state index in [4.69, 9.17) is 5.73 Å². The van der Waals surface area contributed by atoms with Crippen molar-refractivity contribution in [3.63, 3.8) is 0 Å². The van der Waals surface area contributed by atoms with Crippen LogP contribution in [0.3, 0.4) is 0 Å². The third-order valence-electron chi connectivity index (χ3n) is 2.74. The molecule has 0 bridgehead atoms. The summed E-state index contributed by atoms with van der Waals surface area (Å²) in [5, 5.41) is 0. The van der Waals surface area contributed by atoms with Gasteiger partial charge in [0.15, 0.2) is 0 Å². The number of rotatable bonds is 5. The molecule has 0 spiro atoms. The topological polar surface area (TPSA) is 46.3 Å². The molecular formula is C13H20N2O. The third kappa shape index (κ3) is 3.35. The Bertz CT molecular complexity index is 320. The first-order valence-corrected chi connectivity index (χ1v) is 5.77. The minimum atomic E-state index is -0.200. The van der Waals surface area contributed by atoms with E-state index in [0.717, 1.165) is 18.7 Å². The lowest BCUT2D eigenvalue weighted by atomic mass is 10.0. The average Bonchev–Trinajstić information content (AvgIpc) is 2.31. The summed E-state index contributed by atoms with van der Waals surface area (Å²) in [6.07, 6.45) is 0.381. The van der Waals surface area contributed by atoms with E-state index in [1.165, 1.54) is 0 Å². The Morgan fingerprint density at radius 2 is 1.81 bits per heavy atom. The lowest BCUT2D eigenvalue weighted by molar-refractivity contribution is -0.131. The molecule has 0 saturated carbocycles. The molecule has 1 amide bonds. The Morgan fingerprint density at radius 3 is 2.31 bits per heavy atom. The summed E-state index contributed by atoms with van der Waals surface area (Å²) in [6, 6.07) is 9.55. The summed E-state index contributed by atoms with van der Waals surface area (Å²) in [4.78, 5) is 13.6. The molecule has 0 aromatic heterocycles. The van der Waals surface area contributed by atoms with E-state index >= 15 is 0 Å². The van der Waals surface area contributed by atoms with Crippen LogP contribution < -0.4 is 5.73 Å². The monoisotopic (exact) mass is 220 g/mol. The maximum absolute atomic E-state index is 11.8. The van der Waals surface area contributed by atoms with Gasteiger partial charge >= 0.3 is 0 Å². The van der Waals surface area contributed by atoms with Crippen LogP contribution in [-0.2, 0) is 4.79 Å². The minimum Gasteiger partial charge on any atom is -0.343 e. The van der Waals surface area contributed by atoms with Crippen LogP contribution in [0.4, 0.5) is 0 Å². The Morgan fingerprint density at radius 1 is 1.25 bits per heavy atom. The van der Waals surface area contributed by atoms with Crippen LogP contribution in [-0.4, -0.2) is 23.9 Å². The molecule has 0 saturated heterocycles. The van der Waals surface area contributed by atoms with E-state index < -0.39 is 0 Å². The molecule has 0 radical (unpaired) electrons. The minimum absolute atomic E-state index is 0.126. The molecule has 0 fully saturated rings. The van der Waals surface area contributed by atoms with Gasteiger partial charge in [-0.05, 0) is 19.4 Å². The number of nitrogens with two attached hydrogens (primary N) is 1. The van der Waals surface area contributed by atoms with Crippen LogP contribution in [0.5, 0.6) is 0 Å². The van der Waals surface area contributed by atoms with Gasteiger partial charge in [0.05, 0.1) is 0 Å². The molecule has 2 N–H and O–H groups in total. The average molecular weight is 220 g/mol. The van der Waals surface area contributed by atoms with Gasteiger partial charge in [0.1, 0.15) is 0 Å². The smallest absolute Gasteiger partial charge is 0.224 e. The van der Waals surface area contributed by atoms with Crippen molar-refractivity contribution in [3.8, 4) is 0 Å². The predicted octanol–water partition coefficient (Wildman–Crippen LogP) is 1.94. The number of hydrogen-bond donors (Lipinski definition) is 1. The quantitative estimate of drug-likeness (QED) is 0.824. The third-order valence-corrected chi connectivity index (χ3v) is 2.74. The standard InChI is InChI=1S/C13H20N2O/c1-3-15(4-2)13(16)10-12(14)11-8-6-5-7-9-11/h5-9,12H,3-4,10,14H2,1-2H3/t12-/m1/s1. The van der Waals surface area contributed by atoms with E-state index in [9.17, 15) is 4.79 Å². The zero-order valence-corrected chi connectivity index (χ0v) is 10.0. The second-order valence-electron chi connectivity index (χ2n) is 3.79. The van der Waals surface area contributed by atoms with Gasteiger partial charge in [-0.2, -0.15) is 0 Å². The van der Waals surface area contributed by atoms with Gasteiger partial charge in [-0.25, -0.2) is 0 Å². The van der Waals surface area contributed by atoms with Crippen molar-refractivity contribution in [1.29, 1.82) is 0 Å². The summed E-state index contributed by atoms with van der Waals surface area (Å²) in [6.45, 7) is 5.46. The van der Waals surface area contributed by atoms with E-state index in [-0.39, 0.29) is 11.9 Å². The van der Waals surface area contributed by atoms with E-state index in [2.05, 4.69) is 0 Å². The van der Waals surface area contributed by atoms with Crippen LogP contribution in [0, 0.1) is 0 Å². The number of benzene rings is 1. The largest absolute Gasteiger partial charge is 0.343 e. The fourth-order valence-electron chi connectivity index (χ4n) is 1.71. The first-order chi connectivity index (χ1) is 7.69. The zero-order valence-electron chi connectivity index (χ0n) is 10.0. The van der Waals surface area contributed by atoms with Crippen molar-refractivity contribution in [2.75, 3.05) is 13.1 Å². The predicted molar refractivity (Wildman–Crippen MR) is 65.9 cm³/mol. The second kappa shape index (κ2) is 6.28. The molecule has 1 aromatic rings. The van der Waals surface area contributed by atoms with Gasteiger partial charge in [-0.3, -0.25) is 4.79 Å². The number of carbonyl (C=O) groups is 1. The zero-order chi connectivity index (χ0) is 12.0. The van der Waals surface area contributed by atoms with Gasteiger partial charge in [0, 0.05) is 25.6 Å². The van der Waals surface area contributed by atoms with Crippen molar-refractivity contribution < 1.29 is 4.79 Å². The Kier molecular flexibility index (Phi) is 4.99. The number of nitrogens with zero attached hydrogens (tertiary/aromatic N) is 1. The SMILES string of the molecule is CCN(CC)C(=O)C[C@@H](N)c1ccccc1. The van der Waals surface area contributed by atoms with E-state index in [1.54, 1.807) is 0 Å². The molecule has 1 rings (SSSR count). The van der Waals surface area contributed by atoms with Crippen molar-refractivity contribution in [2.45, 2.75) is 26.3 Å². The number of carbonyl (C=O) groups excluding carboxylic acids is 1. The molecule has 0 aliphatic heterocycles. The lowest BCUT2D eigenvalue weighted by Crippen LogP contribution is -2.32. The molecule has 0 heterocycles. The van der Waals surface area contributed by atoms with Gasteiger partial charge in [-0.1, -0.05) is 30.3 Å². The highest BCUT2D eigenvalue weighted by atomic mass is 16.2. The van der Waals surface area contributed by atoms with Crippen molar-refractivity contribution >= 4 is 5.91 Å². The summed E-state index contributed by atoms with van der Waals surface area (Å²) < 4.78 is 0. The fourth-order valence-corrected chi connectivity index (χ4v) is 1.71. The maximum Gasteiger partial charge on any atom is 0.224 e. The van der Waals surface area contributed by atoms with Crippen LogP contribution in [0.25, 0.3) is 0 Å². The lowest BCUT2D eigenvalue weighted by Gasteiger charge is -2.21. The van der Waals surface area contributed by atoms with E-state index in [1.807, 2.05) is 49.1 Å². The van der Waals surface area contributed by atoms with Crippen LogP contribution >= 0.6 is 0 Å². The summed E-state index contributed by atoms with van der Waals surface area (Å²) in [5.74, 6) is 0.126. The number of amides is 1. The normalized spacial score (nSPS) is 12.2. The van der Waals surface area contributed by atoms with Crippen LogP contribution in [0.2, 0.25) is 0 Å². The highest BCUT2D eigenvalue weighted by Crippen LogP contribution is 2.14. The second-order valence-corrected chi connectivity index (χ2v) is 3.79. The van der Waals surface area contributed by atoms with Crippen LogP contribution in [0.15, 0.2) is 30.3 Å². The number of hydrogen-bond acceptors (Lipinski definition) is 2. The molecule has 3 heteroatoms. The molecule has 0 unspecified atom stereocenters. The maximum atomic E-state index is 11.8. The summed E-state index contributed by atoms with van der Waals surface area (Å²) in [5.41, 5.74) is 7.01. The first-order valence-electron chi connectivity index (χ1n) is 5.77. The first kappa shape index (κ1) is 12.7. The molecule has 1 atom stereocenters. The Hall–Kier alpha value is -1.35. The van der Waals surface area contributed by atoms with Crippen molar-refractivity contribution in [2.24, 2.45) is 5.73 Å². The highest BCUT2D eigenvalue weighted by molar-refractivity contribution is 5.76.